The first-order chi connectivity index (χ1) is 8.30. The molecule has 0 spiro atoms. The molecule has 3 nitrogen and oxygen atoms in total. The highest BCUT2D eigenvalue weighted by molar-refractivity contribution is 4.94. The lowest BCUT2D eigenvalue weighted by atomic mass is 9.72. The lowest BCUT2D eigenvalue weighted by molar-refractivity contribution is 0.0498. The normalized spacial score (nSPS) is 27.2. The third kappa shape index (κ3) is 3.01. The van der Waals surface area contributed by atoms with Gasteiger partial charge in [-0.25, -0.2) is 0 Å². The fourth-order valence-electron chi connectivity index (χ4n) is 3.84. The summed E-state index contributed by atoms with van der Waals surface area (Å²) < 4.78 is 5.44. The van der Waals surface area contributed by atoms with Crippen LogP contribution in [0.25, 0.3) is 0 Å². The molecule has 1 saturated carbocycles. The van der Waals surface area contributed by atoms with Crippen molar-refractivity contribution in [2.24, 2.45) is 17.2 Å². The van der Waals surface area contributed by atoms with Gasteiger partial charge in [-0.15, -0.1) is 0 Å². The van der Waals surface area contributed by atoms with Gasteiger partial charge in [0.1, 0.15) is 0 Å². The molecule has 0 amide bonds. The van der Waals surface area contributed by atoms with E-state index in [1.54, 1.807) is 0 Å². The summed E-state index contributed by atoms with van der Waals surface area (Å²) in [7, 11) is 0. The molecule has 1 aliphatic carbocycles. The monoisotopic (exact) mass is 240 g/mol. The van der Waals surface area contributed by atoms with E-state index in [0.29, 0.717) is 11.5 Å². The van der Waals surface area contributed by atoms with Crippen LogP contribution in [0, 0.1) is 11.3 Å². The van der Waals surface area contributed by atoms with Crippen LogP contribution < -0.4 is 11.3 Å². The van der Waals surface area contributed by atoms with Gasteiger partial charge in [-0.05, 0) is 49.9 Å². The minimum Gasteiger partial charge on any atom is -0.381 e. The quantitative estimate of drug-likeness (QED) is 0.573. The van der Waals surface area contributed by atoms with Crippen molar-refractivity contribution in [3.8, 4) is 0 Å². The Morgan fingerprint density at radius 2 is 1.94 bits per heavy atom. The molecule has 17 heavy (non-hydrogen) atoms. The van der Waals surface area contributed by atoms with E-state index in [1.807, 2.05) is 0 Å². The molecular weight excluding hydrogens is 212 g/mol. The lowest BCUT2D eigenvalue weighted by Gasteiger charge is -2.39. The Bertz CT molecular complexity index is 220. The van der Waals surface area contributed by atoms with Crippen molar-refractivity contribution in [3.63, 3.8) is 0 Å². The van der Waals surface area contributed by atoms with Crippen molar-refractivity contribution < 1.29 is 4.74 Å². The van der Waals surface area contributed by atoms with Gasteiger partial charge in [0, 0.05) is 19.3 Å². The zero-order valence-electron chi connectivity index (χ0n) is 11.2. The maximum absolute atomic E-state index is 5.85. The summed E-state index contributed by atoms with van der Waals surface area (Å²) in [6.45, 7) is 4.22. The summed E-state index contributed by atoms with van der Waals surface area (Å²) in [6, 6.07) is 0.512. The minimum absolute atomic E-state index is 0.479. The molecule has 1 atom stereocenters. The van der Waals surface area contributed by atoms with Gasteiger partial charge in [0.05, 0.1) is 0 Å². The summed E-state index contributed by atoms with van der Waals surface area (Å²) in [5.74, 6) is 6.66. The molecule has 0 bridgehead atoms. The van der Waals surface area contributed by atoms with Crippen LogP contribution in [0.4, 0.5) is 0 Å². The van der Waals surface area contributed by atoms with E-state index in [-0.39, 0.29) is 0 Å². The topological polar surface area (TPSA) is 47.3 Å². The molecule has 100 valence electrons. The Labute approximate surface area is 105 Å². The summed E-state index contributed by atoms with van der Waals surface area (Å²) >= 11 is 0. The molecule has 0 aromatic heterocycles. The summed E-state index contributed by atoms with van der Waals surface area (Å²) in [5.41, 5.74) is 3.62. The molecule has 0 aromatic carbocycles. The minimum atomic E-state index is 0.479. The van der Waals surface area contributed by atoms with Crippen LogP contribution in [0.1, 0.15) is 58.3 Å². The van der Waals surface area contributed by atoms with Gasteiger partial charge in [-0.3, -0.25) is 11.3 Å². The predicted molar refractivity (Wildman–Crippen MR) is 70.5 cm³/mol. The SMILES string of the molecule is CCC1(C(CC2CCOCC2)NN)CCCC1. The highest BCUT2D eigenvalue weighted by atomic mass is 16.5. The van der Waals surface area contributed by atoms with E-state index >= 15 is 0 Å². The lowest BCUT2D eigenvalue weighted by Crippen LogP contribution is -2.48. The fourth-order valence-corrected chi connectivity index (χ4v) is 3.84. The van der Waals surface area contributed by atoms with Crippen LogP contribution in [-0.4, -0.2) is 19.3 Å². The first-order valence-corrected chi connectivity index (χ1v) is 7.34. The molecule has 0 radical (unpaired) electrons. The largest absolute Gasteiger partial charge is 0.381 e. The van der Waals surface area contributed by atoms with E-state index in [4.69, 9.17) is 10.6 Å². The molecule has 3 N–H and O–H groups in total. The first-order valence-electron chi connectivity index (χ1n) is 7.34. The predicted octanol–water partition coefficient (Wildman–Crippen LogP) is 2.61. The molecule has 2 rings (SSSR count). The summed E-state index contributed by atoms with van der Waals surface area (Å²) in [4.78, 5) is 0. The van der Waals surface area contributed by atoms with Crippen LogP contribution in [-0.2, 0) is 4.74 Å². The second-order valence-corrected chi connectivity index (χ2v) is 5.93. The number of hydrogen-bond donors (Lipinski definition) is 2. The third-order valence-electron chi connectivity index (χ3n) is 5.15. The van der Waals surface area contributed by atoms with Gasteiger partial charge in [-0.2, -0.15) is 0 Å². The third-order valence-corrected chi connectivity index (χ3v) is 5.15. The second kappa shape index (κ2) is 6.17. The molecule has 2 fully saturated rings. The number of hydrogen-bond acceptors (Lipinski definition) is 3. The van der Waals surface area contributed by atoms with Crippen molar-refractivity contribution >= 4 is 0 Å². The zero-order valence-corrected chi connectivity index (χ0v) is 11.2. The smallest absolute Gasteiger partial charge is 0.0468 e. The summed E-state index contributed by atoms with van der Waals surface area (Å²) in [5, 5.41) is 0. The number of hydrazine groups is 1. The van der Waals surface area contributed by atoms with Crippen molar-refractivity contribution in [1.82, 2.24) is 5.43 Å². The van der Waals surface area contributed by atoms with Crippen molar-refractivity contribution in [2.45, 2.75) is 64.3 Å². The number of nitrogens with two attached hydrogens (primary N) is 1. The van der Waals surface area contributed by atoms with Gasteiger partial charge in [-0.1, -0.05) is 19.8 Å². The van der Waals surface area contributed by atoms with Crippen LogP contribution in [0.15, 0.2) is 0 Å². The Balaban J connectivity index is 1.94. The van der Waals surface area contributed by atoms with E-state index in [1.165, 1.54) is 51.4 Å². The molecule has 0 aromatic rings. The Morgan fingerprint density at radius 3 is 2.47 bits per heavy atom. The molecule has 3 heteroatoms. The highest BCUT2D eigenvalue weighted by Gasteiger charge is 2.40. The average Bonchev–Trinajstić information content (AvgIpc) is 2.87. The molecule has 2 aliphatic rings. The standard InChI is InChI=1S/C14H28N2O/c1-2-14(7-3-4-8-14)13(16-15)11-12-5-9-17-10-6-12/h12-13,16H,2-11,15H2,1H3. The highest BCUT2D eigenvalue weighted by Crippen LogP contribution is 2.45. The van der Waals surface area contributed by atoms with Crippen LogP contribution >= 0.6 is 0 Å². The van der Waals surface area contributed by atoms with Crippen molar-refractivity contribution in [2.75, 3.05) is 13.2 Å². The van der Waals surface area contributed by atoms with Gasteiger partial charge in [0.15, 0.2) is 0 Å². The first kappa shape index (κ1) is 13.3. The van der Waals surface area contributed by atoms with Gasteiger partial charge < -0.3 is 4.74 Å². The molecule has 1 saturated heterocycles. The van der Waals surface area contributed by atoms with Crippen LogP contribution in [0.3, 0.4) is 0 Å². The van der Waals surface area contributed by atoms with Gasteiger partial charge in [0.25, 0.3) is 0 Å². The van der Waals surface area contributed by atoms with E-state index in [0.717, 1.165) is 19.1 Å². The number of rotatable bonds is 5. The van der Waals surface area contributed by atoms with Crippen molar-refractivity contribution in [1.29, 1.82) is 0 Å². The van der Waals surface area contributed by atoms with Crippen molar-refractivity contribution in [3.05, 3.63) is 0 Å². The maximum atomic E-state index is 5.85. The van der Waals surface area contributed by atoms with Gasteiger partial charge >= 0.3 is 0 Å². The van der Waals surface area contributed by atoms with E-state index in [9.17, 15) is 0 Å². The zero-order chi connectivity index (χ0) is 12.1. The molecule has 1 aliphatic heterocycles. The Kier molecular flexibility index (Phi) is 4.83. The van der Waals surface area contributed by atoms with Crippen LogP contribution in [0.5, 0.6) is 0 Å². The molecule has 1 heterocycles. The molecular formula is C14H28N2O. The Morgan fingerprint density at radius 1 is 1.29 bits per heavy atom. The molecule has 1 unspecified atom stereocenters. The fraction of sp³-hybridized carbons (Fsp3) is 1.00. The Hall–Kier alpha value is -0.120. The van der Waals surface area contributed by atoms with Gasteiger partial charge in [0.2, 0.25) is 0 Å². The number of ether oxygens (including phenoxy) is 1. The summed E-state index contributed by atoms with van der Waals surface area (Å²) in [6.07, 6.45) is 10.5. The maximum Gasteiger partial charge on any atom is 0.0468 e. The van der Waals surface area contributed by atoms with Crippen LogP contribution in [0.2, 0.25) is 0 Å². The number of nitrogens with one attached hydrogen (secondary N) is 1. The van der Waals surface area contributed by atoms with E-state index < -0.39 is 0 Å². The average molecular weight is 240 g/mol. The van der Waals surface area contributed by atoms with E-state index in [2.05, 4.69) is 12.3 Å². The second-order valence-electron chi connectivity index (χ2n) is 5.93.